The molecule has 6 nitrogen and oxygen atoms in total. The number of carbonyl (C=O) groups excluding carboxylic acids is 1. The summed E-state index contributed by atoms with van der Waals surface area (Å²) in [4.78, 5) is 12.7. The largest absolute Gasteiger partial charge is 0.489 e. The Morgan fingerprint density at radius 3 is 2.21 bits per heavy atom. The summed E-state index contributed by atoms with van der Waals surface area (Å²) >= 11 is 0. The van der Waals surface area contributed by atoms with Crippen molar-refractivity contribution in [1.82, 2.24) is 5.32 Å². The molecule has 0 aliphatic heterocycles. The summed E-state index contributed by atoms with van der Waals surface area (Å²) in [5.41, 5.74) is 7.08. The first-order valence-corrected chi connectivity index (χ1v) is 10.4. The molecule has 0 radical (unpaired) electrons. The highest BCUT2D eigenvalue weighted by molar-refractivity contribution is 5.94. The summed E-state index contributed by atoms with van der Waals surface area (Å²) in [7, 11) is 0. The van der Waals surface area contributed by atoms with Gasteiger partial charge >= 0.3 is 0 Å². The van der Waals surface area contributed by atoms with Gasteiger partial charge in [0, 0.05) is 30.8 Å². The molecule has 1 amide bonds. The van der Waals surface area contributed by atoms with Crippen LogP contribution < -0.4 is 15.8 Å². The number of nitrogen functional groups attached to an aromatic ring is 1. The van der Waals surface area contributed by atoms with Gasteiger partial charge in [-0.3, -0.25) is 10.2 Å². The number of rotatable bonds is 10. The van der Waals surface area contributed by atoms with Crippen LogP contribution in [0.25, 0.3) is 0 Å². The van der Waals surface area contributed by atoms with Gasteiger partial charge in [0.2, 0.25) is 0 Å². The van der Waals surface area contributed by atoms with Gasteiger partial charge in [-0.2, -0.15) is 0 Å². The van der Waals surface area contributed by atoms with Gasteiger partial charge in [-0.15, -0.1) is 12.4 Å². The van der Waals surface area contributed by atoms with Crippen molar-refractivity contribution in [3.05, 3.63) is 101 Å². The quantitative estimate of drug-likeness (QED) is 0.285. The Hall–Kier alpha value is -3.49. The van der Waals surface area contributed by atoms with Crippen molar-refractivity contribution < 1.29 is 23.0 Å². The summed E-state index contributed by atoms with van der Waals surface area (Å²) in [5, 5.41) is 10.0. The van der Waals surface area contributed by atoms with Crippen molar-refractivity contribution in [2.75, 3.05) is 6.61 Å². The van der Waals surface area contributed by atoms with Gasteiger partial charge in [0.15, 0.2) is 6.10 Å². The maximum absolute atomic E-state index is 14.8. The second-order valence-electron chi connectivity index (χ2n) is 7.24. The Balaban J connectivity index is 0.00000408. The third-order valence-electron chi connectivity index (χ3n) is 4.87. The summed E-state index contributed by atoms with van der Waals surface area (Å²) in [6.07, 6.45) is -1.46. The molecular weight excluding hydrogens is 464 g/mol. The first kappa shape index (κ1) is 26.8. The molecule has 1 atom stereocenters. The highest BCUT2D eigenvalue weighted by Crippen LogP contribution is 2.29. The number of amides is 1. The highest BCUT2D eigenvalue weighted by Gasteiger charge is 2.28. The molecule has 3 rings (SSSR count). The molecule has 0 saturated heterocycles. The molecule has 1 unspecified atom stereocenters. The average Bonchev–Trinajstić information content (AvgIpc) is 2.81. The van der Waals surface area contributed by atoms with E-state index in [9.17, 15) is 13.6 Å². The maximum atomic E-state index is 14.8. The van der Waals surface area contributed by atoms with Crippen molar-refractivity contribution in [2.45, 2.75) is 26.2 Å². The summed E-state index contributed by atoms with van der Waals surface area (Å²) in [5.74, 6) is -2.60. The van der Waals surface area contributed by atoms with Gasteiger partial charge in [-0.25, -0.2) is 8.78 Å². The lowest BCUT2D eigenvalue weighted by Crippen LogP contribution is -2.31. The zero-order chi connectivity index (χ0) is 23.8. The molecule has 0 heterocycles. The first-order valence-electron chi connectivity index (χ1n) is 10.4. The lowest BCUT2D eigenvalue weighted by atomic mass is 10.1. The summed E-state index contributed by atoms with van der Waals surface area (Å²) in [6.45, 7) is 1.98. The van der Waals surface area contributed by atoms with Gasteiger partial charge < -0.3 is 20.5 Å². The monoisotopic (exact) mass is 489 g/mol. The van der Waals surface area contributed by atoms with E-state index in [0.717, 1.165) is 23.3 Å². The van der Waals surface area contributed by atoms with Crippen LogP contribution >= 0.6 is 12.4 Å². The number of benzene rings is 3. The van der Waals surface area contributed by atoms with Crippen LogP contribution in [-0.4, -0.2) is 18.3 Å². The minimum Gasteiger partial charge on any atom is -0.489 e. The average molecular weight is 490 g/mol. The second kappa shape index (κ2) is 12.7. The number of ether oxygens (including phenoxy) is 2. The maximum Gasteiger partial charge on any atom is 0.254 e. The molecule has 4 N–H and O–H groups in total. The molecule has 0 bridgehead atoms. The van der Waals surface area contributed by atoms with E-state index in [2.05, 4.69) is 5.32 Å². The normalized spacial score (nSPS) is 11.3. The van der Waals surface area contributed by atoms with E-state index in [1.807, 2.05) is 30.3 Å². The number of amidine groups is 1. The lowest BCUT2D eigenvalue weighted by molar-refractivity contribution is -0.133. The van der Waals surface area contributed by atoms with Crippen LogP contribution in [-0.2, 0) is 22.7 Å². The van der Waals surface area contributed by atoms with Crippen LogP contribution in [0.1, 0.15) is 35.3 Å². The number of nitrogens with one attached hydrogen (secondary N) is 2. The van der Waals surface area contributed by atoms with Crippen molar-refractivity contribution in [1.29, 1.82) is 5.41 Å². The number of halogens is 3. The van der Waals surface area contributed by atoms with Gasteiger partial charge in [-0.05, 0) is 18.1 Å². The Labute approximate surface area is 203 Å². The van der Waals surface area contributed by atoms with E-state index in [4.69, 9.17) is 20.6 Å². The van der Waals surface area contributed by atoms with E-state index in [1.165, 1.54) is 0 Å². The Morgan fingerprint density at radius 2 is 1.65 bits per heavy atom. The smallest absolute Gasteiger partial charge is 0.254 e. The molecule has 3 aromatic rings. The van der Waals surface area contributed by atoms with E-state index in [-0.39, 0.29) is 43.8 Å². The third-order valence-corrected chi connectivity index (χ3v) is 4.87. The fraction of sp³-hybridized carbons (Fsp3) is 0.200. The molecule has 0 spiro atoms. The number of hydrogen-bond donors (Lipinski definition) is 3. The summed E-state index contributed by atoms with van der Waals surface area (Å²) < 4.78 is 40.6. The van der Waals surface area contributed by atoms with Crippen LogP contribution in [0.4, 0.5) is 8.78 Å². The number of nitrogens with two attached hydrogens (primary N) is 1. The second-order valence-corrected chi connectivity index (χ2v) is 7.24. The van der Waals surface area contributed by atoms with Crippen LogP contribution in [0.2, 0.25) is 0 Å². The molecule has 3 aromatic carbocycles. The van der Waals surface area contributed by atoms with Crippen LogP contribution in [0.15, 0.2) is 66.7 Å². The molecule has 180 valence electrons. The molecule has 34 heavy (non-hydrogen) atoms. The van der Waals surface area contributed by atoms with Crippen LogP contribution in [0.5, 0.6) is 5.75 Å². The fourth-order valence-corrected chi connectivity index (χ4v) is 3.18. The molecule has 0 fully saturated rings. The zero-order valence-corrected chi connectivity index (χ0v) is 19.3. The zero-order valence-electron chi connectivity index (χ0n) is 18.5. The minimum absolute atomic E-state index is 0. The van der Waals surface area contributed by atoms with Gasteiger partial charge in [-0.1, -0.05) is 54.6 Å². The van der Waals surface area contributed by atoms with Gasteiger partial charge in [0.25, 0.3) is 5.91 Å². The molecule has 0 saturated carbocycles. The third kappa shape index (κ3) is 7.00. The Bertz CT molecular complexity index is 1090. The van der Waals surface area contributed by atoms with E-state index in [0.29, 0.717) is 5.56 Å². The fourth-order valence-electron chi connectivity index (χ4n) is 3.18. The van der Waals surface area contributed by atoms with Crippen molar-refractivity contribution in [3.8, 4) is 5.75 Å². The van der Waals surface area contributed by atoms with Crippen LogP contribution in [0.3, 0.4) is 0 Å². The standard InChI is InChI=1S/C25H25F2N3O3.ClH/c1-2-32-23(25(31)30-14-16-8-10-18(11-9-16)24(28)29)22-20(26)12-19(13-21(22)27)33-15-17-6-4-3-5-7-17;/h3-13,23H,2,14-15H2,1H3,(H3,28,29)(H,30,31);1H. The SMILES string of the molecule is CCOC(C(=O)NCc1ccc(C(=N)N)cc1)c1c(F)cc(OCc2ccccc2)cc1F.Cl. The molecule has 9 heteroatoms. The van der Waals surface area contributed by atoms with Crippen molar-refractivity contribution in [3.63, 3.8) is 0 Å². The number of hydrogen-bond acceptors (Lipinski definition) is 4. The first-order chi connectivity index (χ1) is 15.9. The summed E-state index contributed by atoms with van der Waals surface area (Å²) in [6, 6.07) is 18.0. The number of carbonyl (C=O) groups is 1. The highest BCUT2D eigenvalue weighted by atomic mass is 35.5. The Morgan fingerprint density at radius 1 is 1.03 bits per heavy atom. The molecular formula is C25H26ClF2N3O3. The molecule has 0 aliphatic rings. The topological polar surface area (TPSA) is 97.4 Å². The predicted octanol–water partition coefficient (Wildman–Crippen LogP) is 4.64. The van der Waals surface area contributed by atoms with Crippen molar-refractivity contribution in [2.24, 2.45) is 5.73 Å². The minimum atomic E-state index is -1.46. The van der Waals surface area contributed by atoms with E-state index in [1.54, 1.807) is 31.2 Å². The van der Waals surface area contributed by atoms with Crippen molar-refractivity contribution >= 4 is 24.1 Å². The lowest BCUT2D eigenvalue weighted by Gasteiger charge is -2.19. The molecule has 0 aliphatic carbocycles. The van der Waals surface area contributed by atoms with E-state index >= 15 is 0 Å². The molecule has 0 aromatic heterocycles. The van der Waals surface area contributed by atoms with Gasteiger partial charge in [0.1, 0.15) is 29.8 Å². The predicted molar refractivity (Wildman–Crippen MR) is 128 cm³/mol. The van der Waals surface area contributed by atoms with Gasteiger partial charge in [0.05, 0.1) is 5.56 Å². The Kier molecular flexibility index (Phi) is 9.97. The van der Waals surface area contributed by atoms with Crippen LogP contribution in [0, 0.1) is 17.0 Å². The van der Waals surface area contributed by atoms with E-state index < -0.39 is 29.2 Å².